The number of aliphatic imine (C=N–C) groups is 1. The molecule has 0 bridgehead atoms. The predicted molar refractivity (Wildman–Crippen MR) is 189 cm³/mol. The quantitative estimate of drug-likeness (QED) is 0.124. The Kier molecular flexibility index (Phi) is 9.81. The normalized spacial score (nSPS) is 12.1. The zero-order valence-electron chi connectivity index (χ0n) is 25.2. The highest BCUT2D eigenvalue weighted by atomic mass is 14.7. The molecule has 3 heteroatoms. The molecule has 0 radical (unpaired) electrons. The molecule has 214 valence electrons. The Hall–Kier alpha value is -5.67. The first-order chi connectivity index (χ1) is 21.6. The fraction of sp³-hybridized carbons (Fsp3) is 0.0488. The van der Waals surface area contributed by atoms with E-state index in [1.165, 1.54) is 0 Å². The topological polar surface area (TPSA) is 38.1 Å². The Bertz CT molecular complexity index is 1870. The number of nitrogens with zero attached hydrogens (tertiary/aromatic N) is 3. The van der Waals surface area contributed by atoms with Crippen LogP contribution in [0.4, 0.5) is 0 Å². The summed E-state index contributed by atoms with van der Waals surface area (Å²) in [6, 6.07) is 35.5. The number of pyridine rings is 2. The van der Waals surface area contributed by atoms with Gasteiger partial charge in [-0.15, -0.1) is 0 Å². The maximum atomic E-state index is 5.05. The number of benzene rings is 3. The number of allylic oxidation sites excluding steroid dienone is 8. The molecule has 5 rings (SSSR count). The molecular weight excluding hydrogens is 534 g/mol. The van der Waals surface area contributed by atoms with Crippen molar-refractivity contribution in [3.05, 3.63) is 170 Å². The summed E-state index contributed by atoms with van der Waals surface area (Å²) in [5, 5.41) is 0. The fourth-order valence-electron chi connectivity index (χ4n) is 4.90. The van der Waals surface area contributed by atoms with Crippen molar-refractivity contribution in [2.24, 2.45) is 4.99 Å². The minimum Gasteiger partial charge on any atom is -0.264 e. The second-order valence-electron chi connectivity index (χ2n) is 10.3. The van der Waals surface area contributed by atoms with Crippen molar-refractivity contribution < 1.29 is 0 Å². The molecule has 2 aromatic heterocycles. The van der Waals surface area contributed by atoms with Crippen LogP contribution in [0.3, 0.4) is 0 Å². The third-order valence-corrected chi connectivity index (χ3v) is 7.24. The summed E-state index contributed by atoms with van der Waals surface area (Å²) >= 11 is 0. The average Bonchev–Trinajstić information content (AvgIpc) is 3.09. The average molecular weight is 570 g/mol. The molecule has 5 aromatic rings. The highest BCUT2D eigenvalue weighted by Crippen LogP contribution is 2.34. The summed E-state index contributed by atoms with van der Waals surface area (Å²) in [5.41, 5.74) is 11.8. The van der Waals surface area contributed by atoms with Gasteiger partial charge in [0.25, 0.3) is 0 Å². The smallest absolute Gasteiger partial charge is 0.0715 e. The summed E-state index contributed by atoms with van der Waals surface area (Å²) in [4.78, 5) is 14.3. The van der Waals surface area contributed by atoms with Crippen molar-refractivity contribution >= 4 is 18.0 Å². The number of rotatable bonds is 10. The number of hydrogen-bond acceptors (Lipinski definition) is 3. The summed E-state index contributed by atoms with van der Waals surface area (Å²) < 4.78 is 0. The Balaban J connectivity index is 1.69. The van der Waals surface area contributed by atoms with Crippen LogP contribution in [0.5, 0.6) is 0 Å². The van der Waals surface area contributed by atoms with Crippen LogP contribution in [0.1, 0.15) is 25.1 Å². The lowest BCUT2D eigenvalue weighted by Gasteiger charge is -2.14. The van der Waals surface area contributed by atoms with Gasteiger partial charge in [0.05, 0.1) is 22.8 Å². The molecule has 0 fully saturated rings. The molecule has 0 unspecified atom stereocenters. The summed E-state index contributed by atoms with van der Waals surface area (Å²) in [6.45, 7) is 11.7. The van der Waals surface area contributed by atoms with Gasteiger partial charge in [-0.3, -0.25) is 9.98 Å². The van der Waals surface area contributed by atoms with Gasteiger partial charge in [-0.1, -0.05) is 110 Å². The zero-order valence-corrected chi connectivity index (χ0v) is 25.2. The molecule has 0 spiro atoms. The number of aromatic nitrogens is 2. The molecule has 0 atom stereocenters. The Morgan fingerprint density at radius 3 is 2.02 bits per heavy atom. The molecule has 0 aliphatic carbocycles. The van der Waals surface area contributed by atoms with Crippen molar-refractivity contribution in [2.45, 2.75) is 13.8 Å². The Morgan fingerprint density at radius 2 is 1.36 bits per heavy atom. The van der Waals surface area contributed by atoms with Crippen LogP contribution in [0.25, 0.3) is 56.0 Å². The first kappa shape index (κ1) is 29.8. The molecule has 0 aliphatic heterocycles. The number of hydrogen-bond donors (Lipinski definition) is 0. The molecular formula is C41H35N3. The molecule has 44 heavy (non-hydrogen) atoms. The highest BCUT2D eigenvalue weighted by Gasteiger charge is 2.13. The van der Waals surface area contributed by atoms with E-state index in [1.54, 1.807) is 6.08 Å². The molecule has 0 saturated heterocycles. The van der Waals surface area contributed by atoms with E-state index in [2.05, 4.69) is 98.0 Å². The highest BCUT2D eigenvalue weighted by molar-refractivity contribution is 5.83. The van der Waals surface area contributed by atoms with Gasteiger partial charge in [0.15, 0.2) is 0 Å². The second kappa shape index (κ2) is 14.5. The second-order valence-corrected chi connectivity index (χ2v) is 10.3. The molecule has 2 heterocycles. The van der Waals surface area contributed by atoms with E-state index >= 15 is 0 Å². The molecule has 0 saturated carbocycles. The van der Waals surface area contributed by atoms with E-state index in [9.17, 15) is 0 Å². The lowest BCUT2D eigenvalue weighted by atomic mass is 9.94. The monoisotopic (exact) mass is 569 g/mol. The van der Waals surface area contributed by atoms with Crippen molar-refractivity contribution in [3.8, 4) is 44.8 Å². The van der Waals surface area contributed by atoms with Crippen molar-refractivity contribution in [1.82, 2.24) is 9.97 Å². The van der Waals surface area contributed by atoms with Crippen LogP contribution in [-0.4, -0.2) is 16.7 Å². The minimum atomic E-state index is 0.787. The van der Waals surface area contributed by atoms with Crippen LogP contribution >= 0.6 is 0 Å². The van der Waals surface area contributed by atoms with E-state index < -0.39 is 0 Å². The van der Waals surface area contributed by atoms with Crippen LogP contribution in [0.15, 0.2) is 163 Å². The van der Waals surface area contributed by atoms with Gasteiger partial charge < -0.3 is 0 Å². The van der Waals surface area contributed by atoms with Crippen LogP contribution < -0.4 is 0 Å². The van der Waals surface area contributed by atoms with Gasteiger partial charge in [0.2, 0.25) is 0 Å². The first-order valence-corrected chi connectivity index (χ1v) is 14.6. The molecule has 3 aromatic carbocycles. The zero-order chi connectivity index (χ0) is 30.7. The minimum absolute atomic E-state index is 0.787. The van der Waals surface area contributed by atoms with Gasteiger partial charge in [0.1, 0.15) is 0 Å². The van der Waals surface area contributed by atoms with E-state index in [1.807, 2.05) is 79.9 Å². The van der Waals surface area contributed by atoms with Crippen LogP contribution in [-0.2, 0) is 0 Å². The first-order valence-electron chi connectivity index (χ1n) is 14.6. The van der Waals surface area contributed by atoms with Crippen molar-refractivity contribution in [2.75, 3.05) is 0 Å². The van der Waals surface area contributed by atoms with E-state index in [0.29, 0.717) is 0 Å². The largest absolute Gasteiger partial charge is 0.264 e. The van der Waals surface area contributed by atoms with Crippen LogP contribution in [0.2, 0.25) is 0 Å². The van der Waals surface area contributed by atoms with E-state index in [-0.39, 0.29) is 0 Å². The lowest BCUT2D eigenvalue weighted by Crippen LogP contribution is -1.95. The molecule has 3 nitrogen and oxygen atoms in total. The summed E-state index contributed by atoms with van der Waals surface area (Å²) in [6.07, 6.45) is 15.6. The van der Waals surface area contributed by atoms with Crippen molar-refractivity contribution in [1.29, 1.82) is 0 Å². The summed E-state index contributed by atoms with van der Waals surface area (Å²) in [7, 11) is 0. The maximum Gasteiger partial charge on any atom is 0.0715 e. The maximum absolute atomic E-state index is 5.05. The van der Waals surface area contributed by atoms with Gasteiger partial charge in [0, 0.05) is 28.5 Å². The Labute approximate surface area is 260 Å². The molecule has 0 amide bonds. The summed E-state index contributed by atoms with van der Waals surface area (Å²) in [5.74, 6) is 0. The van der Waals surface area contributed by atoms with Gasteiger partial charge in [-0.25, -0.2) is 4.98 Å². The van der Waals surface area contributed by atoms with Gasteiger partial charge in [-0.05, 0) is 85.3 Å². The third-order valence-electron chi connectivity index (χ3n) is 7.24. The predicted octanol–water partition coefficient (Wildman–Crippen LogP) is 10.9. The standard InChI is InChI=1S/C41H35N3/c1-5-7-11-16-30(3)40-27-35(28-41(44-40)32-19-14-10-15-20-32)34-24-36(38(42-4)21-8-6-2)26-37(25-34)39-23-22-33(29-43-39)31-17-12-9-13-18-31/h5-29H,1,4H2,2-3H3/b8-6-,11-7-,30-16+,38-21-. The third kappa shape index (κ3) is 7.21. The van der Waals surface area contributed by atoms with Crippen LogP contribution in [0, 0.1) is 0 Å². The molecule has 0 aliphatic rings. The lowest BCUT2D eigenvalue weighted by molar-refractivity contribution is 1.27. The SMILES string of the molecule is C=C/C=C\C=C(/C)c1cc(-c2cc(/C(=C/C=C\C)N=C)cc(-c3ccc(-c4ccccc4)cn3)c2)cc(-c2ccccc2)n1. The van der Waals surface area contributed by atoms with Crippen molar-refractivity contribution in [3.63, 3.8) is 0 Å². The van der Waals surface area contributed by atoms with E-state index in [4.69, 9.17) is 9.97 Å². The van der Waals surface area contributed by atoms with Gasteiger partial charge in [-0.2, -0.15) is 0 Å². The fourth-order valence-corrected chi connectivity index (χ4v) is 4.90. The van der Waals surface area contributed by atoms with E-state index in [0.717, 1.165) is 67.3 Å². The van der Waals surface area contributed by atoms with Gasteiger partial charge >= 0.3 is 0 Å². The molecule has 0 N–H and O–H groups in total. The Morgan fingerprint density at radius 1 is 0.659 bits per heavy atom.